The van der Waals surface area contributed by atoms with E-state index in [1.807, 2.05) is 0 Å². The minimum atomic E-state index is -4.42. The summed E-state index contributed by atoms with van der Waals surface area (Å²) in [6.45, 7) is 1.52. The molecule has 0 aliphatic heterocycles. The van der Waals surface area contributed by atoms with Gasteiger partial charge < -0.3 is 9.15 Å². The number of alkyl halides is 3. The van der Waals surface area contributed by atoms with E-state index in [-0.39, 0.29) is 11.8 Å². The number of rotatable bonds is 5. The lowest BCUT2D eigenvalue weighted by Crippen LogP contribution is -2.06. The molecule has 0 N–H and O–H groups in total. The van der Waals surface area contributed by atoms with E-state index < -0.39 is 29.6 Å². The summed E-state index contributed by atoms with van der Waals surface area (Å²) in [6, 6.07) is 9.74. The molecular weight excluding hydrogens is 392 g/mol. The molecule has 0 unspecified atom stereocenters. The summed E-state index contributed by atoms with van der Waals surface area (Å²) in [5.41, 5.74) is 0.129. The third-order valence-corrected chi connectivity index (χ3v) is 3.82. The third-order valence-electron chi connectivity index (χ3n) is 3.82. The number of nitrogens with zero attached hydrogens (tertiary/aromatic N) is 2. The van der Waals surface area contributed by atoms with Crippen molar-refractivity contribution in [3.8, 4) is 11.5 Å². The zero-order valence-electron chi connectivity index (χ0n) is 15.0. The molecule has 2 aromatic carbocycles. The van der Waals surface area contributed by atoms with Crippen LogP contribution in [0.3, 0.4) is 0 Å². The number of esters is 1. The Morgan fingerprint density at radius 1 is 1.07 bits per heavy atom. The van der Waals surface area contributed by atoms with Crippen LogP contribution >= 0.6 is 0 Å². The summed E-state index contributed by atoms with van der Waals surface area (Å²) in [5, 5.41) is 7.63. The molecule has 9 heteroatoms. The van der Waals surface area contributed by atoms with Gasteiger partial charge in [0.05, 0.1) is 5.56 Å². The molecule has 0 aliphatic rings. The number of hydrogen-bond donors (Lipinski definition) is 0. The molecule has 1 heterocycles. The monoisotopic (exact) mass is 406 g/mol. The molecule has 0 aliphatic carbocycles. The predicted octanol–water partition coefficient (Wildman–Crippen LogP) is 5.21. The van der Waals surface area contributed by atoms with E-state index in [1.54, 1.807) is 0 Å². The van der Waals surface area contributed by atoms with Crippen molar-refractivity contribution in [3.63, 3.8) is 0 Å². The van der Waals surface area contributed by atoms with Crippen LogP contribution < -0.4 is 0 Å². The second-order valence-corrected chi connectivity index (χ2v) is 5.98. The third kappa shape index (κ3) is 5.28. The first kappa shape index (κ1) is 20.2. The van der Waals surface area contributed by atoms with E-state index >= 15 is 0 Å². The van der Waals surface area contributed by atoms with Gasteiger partial charge in [0.25, 0.3) is 5.89 Å². The average molecular weight is 406 g/mol. The molecule has 0 fully saturated rings. The second-order valence-electron chi connectivity index (χ2n) is 5.98. The second kappa shape index (κ2) is 8.26. The maximum absolute atomic E-state index is 13.0. The Bertz CT molecular complexity index is 1010. The minimum absolute atomic E-state index is 0.0422. The highest BCUT2D eigenvalue weighted by atomic mass is 19.4. The summed E-state index contributed by atoms with van der Waals surface area (Å²) in [4.78, 5) is 11.9. The van der Waals surface area contributed by atoms with Crippen LogP contribution in [-0.4, -0.2) is 16.2 Å². The van der Waals surface area contributed by atoms with Crippen molar-refractivity contribution in [2.75, 3.05) is 0 Å². The molecule has 29 heavy (non-hydrogen) atoms. The Balaban J connectivity index is 1.60. The van der Waals surface area contributed by atoms with Crippen LogP contribution in [0.5, 0.6) is 0 Å². The molecule has 150 valence electrons. The highest BCUT2D eigenvalue weighted by Gasteiger charge is 2.29. The molecule has 0 saturated carbocycles. The van der Waals surface area contributed by atoms with Gasteiger partial charge in [-0.05, 0) is 55.0 Å². The van der Waals surface area contributed by atoms with Crippen LogP contribution in [0.4, 0.5) is 17.6 Å². The van der Waals surface area contributed by atoms with E-state index in [9.17, 15) is 22.4 Å². The van der Waals surface area contributed by atoms with Crippen molar-refractivity contribution in [1.29, 1.82) is 0 Å². The van der Waals surface area contributed by atoms with Gasteiger partial charge in [0, 0.05) is 11.6 Å². The molecule has 1 atom stereocenters. The predicted molar refractivity (Wildman–Crippen MR) is 94.7 cm³/mol. The highest BCUT2D eigenvalue weighted by Crippen LogP contribution is 2.29. The summed E-state index contributed by atoms with van der Waals surface area (Å²) in [6.07, 6.45) is -2.88. The topological polar surface area (TPSA) is 65.2 Å². The quantitative estimate of drug-likeness (QED) is 0.331. The van der Waals surface area contributed by atoms with Crippen LogP contribution in [0.2, 0.25) is 0 Å². The summed E-state index contributed by atoms with van der Waals surface area (Å²) >= 11 is 0. The molecule has 0 bridgehead atoms. The van der Waals surface area contributed by atoms with E-state index in [1.165, 1.54) is 49.4 Å². The first-order chi connectivity index (χ1) is 13.7. The number of halogens is 4. The van der Waals surface area contributed by atoms with Crippen molar-refractivity contribution < 1.29 is 31.5 Å². The Labute approximate surface area is 162 Å². The van der Waals surface area contributed by atoms with Crippen LogP contribution in [0, 0.1) is 5.82 Å². The zero-order valence-corrected chi connectivity index (χ0v) is 15.0. The molecule has 1 aromatic heterocycles. The first-order valence-corrected chi connectivity index (χ1v) is 8.37. The number of benzene rings is 2. The molecule has 3 rings (SSSR count). The molecule has 0 radical (unpaired) electrons. The Kier molecular flexibility index (Phi) is 5.76. The van der Waals surface area contributed by atoms with Crippen LogP contribution in [0.25, 0.3) is 17.5 Å². The lowest BCUT2D eigenvalue weighted by molar-refractivity contribution is -0.143. The van der Waals surface area contributed by atoms with Crippen molar-refractivity contribution >= 4 is 12.0 Å². The highest BCUT2D eigenvalue weighted by molar-refractivity contribution is 5.87. The average Bonchev–Trinajstić information content (AvgIpc) is 3.17. The van der Waals surface area contributed by atoms with Crippen LogP contribution in [0.15, 0.2) is 59.0 Å². The lowest BCUT2D eigenvalue weighted by atomic mass is 10.1. The van der Waals surface area contributed by atoms with Crippen molar-refractivity contribution in [3.05, 3.63) is 77.4 Å². The van der Waals surface area contributed by atoms with Gasteiger partial charge in [0.1, 0.15) is 5.82 Å². The fraction of sp³-hybridized carbons (Fsp3) is 0.150. The van der Waals surface area contributed by atoms with Gasteiger partial charge in [0.2, 0.25) is 5.89 Å². The molecule has 5 nitrogen and oxygen atoms in total. The molecular formula is C20H14F4N2O3. The SMILES string of the molecule is C[C@H](OC(=O)/C=C/c1ccc(C(F)(F)F)cc1)c1nnc(-c2ccc(F)cc2)o1. The summed E-state index contributed by atoms with van der Waals surface area (Å²) < 4.78 is 61.1. The molecule has 0 saturated heterocycles. The Morgan fingerprint density at radius 3 is 2.34 bits per heavy atom. The van der Waals surface area contributed by atoms with Gasteiger partial charge in [-0.25, -0.2) is 9.18 Å². The first-order valence-electron chi connectivity index (χ1n) is 8.37. The fourth-order valence-corrected chi connectivity index (χ4v) is 2.32. The lowest BCUT2D eigenvalue weighted by Gasteiger charge is -2.07. The Hall–Kier alpha value is -3.49. The summed E-state index contributed by atoms with van der Waals surface area (Å²) in [7, 11) is 0. The van der Waals surface area contributed by atoms with Crippen LogP contribution in [0.1, 0.15) is 30.0 Å². The minimum Gasteiger partial charge on any atom is -0.449 e. The van der Waals surface area contributed by atoms with Crippen LogP contribution in [-0.2, 0) is 15.7 Å². The number of carbonyl (C=O) groups excluding carboxylic acids is 1. The largest absolute Gasteiger partial charge is 0.449 e. The number of carbonyl (C=O) groups is 1. The fourth-order valence-electron chi connectivity index (χ4n) is 2.32. The van der Waals surface area contributed by atoms with Gasteiger partial charge in [-0.15, -0.1) is 10.2 Å². The van der Waals surface area contributed by atoms with Gasteiger partial charge in [0.15, 0.2) is 6.10 Å². The number of aromatic nitrogens is 2. The van der Waals surface area contributed by atoms with Crippen molar-refractivity contribution in [2.24, 2.45) is 0 Å². The molecule has 3 aromatic rings. The van der Waals surface area contributed by atoms with E-state index in [4.69, 9.17) is 9.15 Å². The zero-order chi connectivity index (χ0) is 21.0. The molecule has 0 spiro atoms. The standard InChI is InChI=1S/C20H14F4N2O3/c1-12(18-25-26-19(29-18)14-5-9-16(21)10-6-14)28-17(27)11-4-13-2-7-15(8-3-13)20(22,23)24/h2-12H,1H3/b11-4+/t12-/m0/s1. The maximum atomic E-state index is 13.0. The van der Waals surface area contributed by atoms with Gasteiger partial charge in [-0.3, -0.25) is 0 Å². The smallest absolute Gasteiger partial charge is 0.416 e. The van der Waals surface area contributed by atoms with E-state index in [0.717, 1.165) is 18.2 Å². The summed E-state index contributed by atoms with van der Waals surface area (Å²) in [5.74, 6) is -0.960. The maximum Gasteiger partial charge on any atom is 0.416 e. The van der Waals surface area contributed by atoms with E-state index in [2.05, 4.69) is 10.2 Å². The Morgan fingerprint density at radius 2 is 1.72 bits per heavy atom. The van der Waals surface area contributed by atoms with Crippen molar-refractivity contribution in [1.82, 2.24) is 10.2 Å². The van der Waals surface area contributed by atoms with Gasteiger partial charge >= 0.3 is 12.1 Å². The number of ether oxygens (including phenoxy) is 1. The van der Waals surface area contributed by atoms with Crippen molar-refractivity contribution in [2.45, 2.75) is 19.2 Å². The molecule has 0 amide bonds. The van der Waals surface area contributed by atoms with Gasteiger partial charge in [-0.2, -0.15) is 13.2 Å². The van der Waals surface area contributed by atoms with Gasteiger partial charge in [-0.1, -0.05) is 12.1 Å². The normalized spacial score (nSPS) is 12.9. The van der Waals surface area contributed by atoms with E-state index in [0.29, 0.717) is 11.1 Å². The number of hydrogen-bond acceptors (Lipinski definition) is 5.